The van der Waals surface area contributed by atoms with E-state index in [4.69, 9.17) is 17.3 Å². The van der Waals surface area contributed by atoms with Crippen LogP contribution < -0.4 is 11.1 Å². The van der Waals surface area contributed by atoms with E-state index in [9.17, 15) is 4.79 Å². The fraction of sp³-hybridized carbons (Fsp3) is 0.412. The second kappa shape index (κ2) is 7.43. The summed E-state index contributed by atoms with van der Waals surface area (Å²) in [5.74, 6) is 0.188. The van der Waals surface area contributed by atoms with Gasteiger partial charge in [0.2, 0.25) is 5.91 Å². The minimum atomic E-state index is -0.404. The highest BCUT2D eigenvalue weighted by Crippen LogP contribution is 2.30. The average Bonchev–Trinajstić information content (AvgIpc) is 2.95. The first-order valence-electron chi connectivity index (χ1n) is 7.56. The van der Waals surface area contributed by atoms with Crippen LogP contribution in [0.2, 0.25) is 5.02 Å². The summed E-state index contributed by atoms with van der Waals surface area (Å²) in [6.45, 7) is 6.46. The van der Waals surface area contributed by atoms with E-state index in [1.807, 2.05) is 50.4 Å². The number of rotatable bonds is 6. The Hall–Kier alpha value is -1.43. The molecule has 1 aromatic heterocycles. The summed E-state index contributed by atoms with van der Waals surface area (Å²) in [4.78, 5) is 16.8. The normalized spacial score (nSPS) is 13.8. The molecule has 2 aromatic rings. The number of hydrogen-bond acceptors (Lipinski definition) is 4. The molecule has 3 N–H and O–H groups in total. The first-order chi connectivity index (χ1) is 10.9. The number of nitrogens with two attached hydrogens (primary N) is 1. The molecule has 1 unspecified atom stereocenters. The Bertz CT molecular complexity index is 686. The van der Waals surface area contributed by atoms with Crippen molar-refractivity contribution in [2.45, 2.75) is 32.7 Å². The van der Waals surface area contributed by atoms with Gasteiger partial charge in [0.25, 0.3) is 0 Å². The van der Waals surface area contributed by atoms with Crippen LogP contribution in [0.1, 0.15) is 26.5 Å². The number of nitrogens with one attached hydrogen (secondary N) is 1. The summed E-state index contributed by atoms with van der Waals surface area (Å²) in [7, 11) is 0. The Morgan fingerprint density at radius 1 is 1.43 bits per heavy atom. The lowest BCUT2D eigenvalue weighted by molar-refractivity contribution is -0.122. The van der Waals surface area contributed by atoms with Crippen LogP contribution in [0, 0.1) is 5.92 Å². The van der Waals surface area contributed by atoms with Gasteiger partial charge in [-0.3, -0.25) is 4.79 Å². The number of hydrogen-bond donors (Lipinski definition) is 2. The number of thiazole rings is 1. The van der Waals surface area contributed by atoms with Gasteiger partial charge in [-0.2, -0.15) is 0 Å². The van der Waals surface area contributed by atoms with Crippen molar-refractivity contribution >= 4 is 28.8 Å². The number of benzene rings is 1. The maximum Gasteiger partial charge on any atom is 0.226 e. The lowest BCUT2D eigenvalue weighted by Crippen LogP contribution is -2.55. The highest BCUT2D eigenvalue weighted by atomic mass is 35.5. The maximum atomic E-state index is 12.3. The molecule has 0 saturated carbocycles. The first-order valence-corrected chi connectivity index (χ1v) is 8.82. The van der Waals surface area contributed by atoms with Crippen LogP contribution in [0.4, 0.5) is 0 Å². The van der Waals surface area contributed by atoms with Crippen LogP contribution in [0.15, 0.2) is 29.6 Å². The zero-order valence-corrected chi connectivity index (χ0v) is 15.2. The summed E-state index contributed by atoms with van der Waals surface area (Å²) in [6, 6.07) is 7.56. The Morgan fingerprint density at radius 2 is 2.13 bits per heavy atom. The van der Waals surface area contributed by atoms with Gasteiger partial charge in [0.05, 0.1) is 22.7 Å². The van der Waals surface area contributed by atoms with Crippen molar-refractivity contribution in [3.8, 4) is 10.6 Å². The smallest absolute Gasteiger partial charge is 0.226 e. The third kappa shape index (κ3) is 4.31. The van der Waals surface area contributed by atoms with Crippen molar-refractivity contribution in [2.75, 3.05) is 6.54 Å². The number of amides is 1. The molecule has 1 heterocycles. The Morgan fingerprint density at radius 3 is 2.74 bits per heavy atom. The number of halogens is 1. The minimum Gasteiger partial charge on any atom is -0.349 e. The Balaban J connectivity index is 2.08. The van der Waals surface area contributed by atoms with Crippen LogP contribution in [0.5, 0.6) is 0 Å². The lowest BCUT2D eigenvalue weighted by Gasteiger charge is -2.33. The summed E-state index contributed by atoms with van der Waals surface area (Å²) in [5.41, 5.74) is 7.03. The van der Waals surface area contributed by atoms with Crippen molar-refractivity contribution < 1.29 is 4.79 Å². The van der Waals surface area contributed by atoms with E-state index < -0.39 is 5.54 Å². The van der Waals surface area contributed by atoms with Crippen LogP contribution in [0.3, 0.4) is 0 Å². The molecule has 6 heteroatoms. The van der Waals surface area contributed by atoms with Gasteiger partial charge in [0, 0.05) is 17.5 Å². The first kappa shape index (κ1) is 17.9. The molecule has 0 aliphatic carbocycles. The van der Waals surface area contributed by atoms with Gasteiger partial charge < -0.3 is 11.1 Å². The highest BCUT2D eigenvalue weighted by Gasteiger charge is 2.28. The Labute approximate surface area is 146 Å². The molecule has 124 valence electrons. The van der Waals surface area contributed by atoms with E-state index in [2.05, 4.69) is 10.3 Å². The molecule has 0 saturated heterocycles. The van der Waals surface area contributed by atoms with E-state index in [1.165, 1.54) is 11.3 Å². The van der Waals surface area contributed by atoms with Gasteiger partial charge in [-0.15, -0.1) is 11.3 Å². The standard InChI is InChI=1S/C17H22ClN3OS/c1-11(2)17(3,10-19)21-15(22)8-12-9-23-16(20-12)13-6-4-5-7-14(13)18/h4-7,9,11H,8,10,19H2,1-3H3,(H,21,22). The maximum absolute atomic E-state index is 12.3. The topological polar surface area (TPSA) is 68.0 Å². The summed E-state index contributed by atoms with van der Waals surface area (Å²) < 4.78 is 0. The second-order valence-corrected chi connectivity index (χ2v) is 7.39. The number of aromatic nitrogens is 1. The zero-order valence-electron chi connectivity index (χ0n) is 13.6. The molecule has 0 aliphatic heterocycles. The van der Waals surface area contributed by atoms with Crippen molar-refractivity contribution in [2.24, 2.45) is 11.7 Å². The Kier molecular flexibility index (Phi) is 5.79. The number of carbonyl (C=O) groups is 1. The molecule has 0 spiro atoms. The van der Waals surface area contributed by atoms with Crippen molar-refractivity contribution in [3.63, 3.8) is 0 Å². The van der Waals surface area contributed by atoms with Crippen molar-refractivity contribution in [3.05, 3.63) is 40.4 Å². The van der Waals surface area contributed by atoms with Gasteiger partial charge in [-0.25, -0.2) is 4.98 Å². The summed E-state index contributed by atoms with van der Waals surface area (Å²) >= 11 is 7.68. The number of carbonyl (C=O) groups excluding carboxylic acids is 1. The van der Waals surface area contributed by atoms with E-state index in [0.29, 0.717) is 11.6 Å². The molecule has 23 heavy (non-hydrogen) atoms. The average molecular weight is 352 g/mol. The lowest BCUT2D eigenvalue weighted by atomic mass is 9.88. The van der Waals surface area contributed by atoms with Crippen LogP contribution in [-0.4, -0.2) is 23.0 Å². The SMILES string of the molecule is CC(C)C(C)(CN)NC(=O)Cc1csc(-c2ccccc2Cl)n1. The molecule has 1 atom stereocenters. The summed E-state index contributed by atoms with van der Waals surface area (Å²) in [5, 5.41) is 6.41. The predicted molar refractivity (Wildman–Crippen MR) is 96.7 cm³/mol. The van der Waals surface area contributed by atoms with Crippen molar-refractivity contribution in [1.82, 2.24) is 10.3 Å². The fourth-order valence-corrected chi connectivity index (χ4v) is 3.24. The van der Waals surface area contributed by atoms with Gasteiger partial charge >= 0.3 is 0 Å². The molecule has 2 rings (SSSR count). The number of nitrogens with zero attached hydrogens (tertiary/aromatic N) is 1. The highest BCUT2D eigenvalue weighted by molar-refractivity contribution is 7.13. The fourth-order valence-electron chi connectivity index (χ4n) is 2.10. The van der Waals surface area contributed by atoms with E-state index >= 15 is 0 Å². The van der Waals surface area contributed by atoms with Crippen LogP contribution >= 0.6 is 22.9 Å². The molecular weight excluding hydrogens is 330 g/mol. The van der Waals surface area contributed by atoms with E-state index in [-0.39, 0.29) is 18.2 Å². The quantitative estimate of drug-likeness (QED) is 0.837. The monoisotopic (exact) mass is 351 g/mol. The third-order valence-corrected chi connectivity index (χ3v) is 5.37. The van der Waals surface area contributed by atoms with Crippen LogP contribution in [-0.2, 0) is 11.2 Å². The van der Waals surface area contributed by atoms with Gasteiger partial charge in [0.15, 0.2) is 0 Å². The molecule has 4 nitrogen and oxygen atoms in total. The minimum absolute atomic E-state index is 0.0670. The predicted octanol–water partition coefficient (Wildman–Crippen LogP) is 3.50. The van der Waals surface area contributed by atoms with Crippen LogP contribution in [0.25, 0.3) is 10.6 Å². The van der Waals surface area contributed by atoms with Gasteiger partial charge in [-0.1, -0.05) is 43.6 Å². The second-order valence-electron chi connectivity index (χ2n) is 6.13. The van der Waals surface area contributed by atoms with Gasteiger partial charge in [-0.05, 0) is 18.9 Å². The largest absolute Gasteiger partial charge is 0.349 e. The third-order valence-electron chi connectivity index (χ3n) is 4.12. The molecule has 0 bridgehead atoms. The van der Waals surface area contributed by atoms with Crippen molar-refractivity contribution in [1.29, 1.82) is 0 Å². The summed E-state index contributed by atoms with van der Waals surface area (Å²) in [6.07, 6.45) is 0.239. The molecule has 1 amide bonds. The molecule has 0 fully saturated rings. The molecular formula is C17H22ClN3OS. The van der Waals surface area contributed by atoms with Gasteiger partial charge in [0.1, 0.15) is 5.01 Å². The van der Waals surface area contributed by atoms with E-state index in [1.54, 1.807) is 0 Å². The molecule has 0 aliphatic rings. The molecule has 0 radical (unpaired) electrons. The zero-order chi connectivity index (χ0) is 17.0. The molecule has 1 aromatic carbocycles. The van der Waals surface area contributed by atoms with E-state index in [0.717, 1.165) is 16.3 Å².